The Balaban J connectivity index is 2.76. The normalized spacial score (nSPS) is 9.43. The number of hydrogen-bond acceptors (Lipinski definition) is 4. The summed E-state index contributed by atoms with van der Waals surface area (Å²) in [6, 6.07) is 3.94. The number of phenolic OH excluding ortho intramolecular Hbond substituents is 1. The largest absolute Gasteiger partial charge is 0.507 e. The predicted molar refractivity (Wildman–Crippen MR) is 46.6 cm³/mol. The van der Waals surface area contributed by atoms with Gasteiger partial charge in [0.1, 0.15) is 11.5 Å². The van der Waals surface area contributed by atoms with Crippen LogP contribution in [0.25, 0.3) is 0 Å². The minimum absolute atomic E-state index is 0.132. The topological polar surface area (TPSA) is 83.8 Å². The second-order valence-corrected chi connectivity index (χ2v) is 2.52. The SMILES string of the molecule is O=Cc1ccc(OCC(=O)O)cc1O. The van der Waals surface area contributed by atoms with Crippen LogP contribution in [0.4, 0.5) is 0 Å². The minimum Gasteiger partial charge on any atom is -0.507 e. The summed E-state index contributed by atoms with van der Waals surface area (Å²) in [5, 5.41) is 17.5. The highest BCUT2D eigenvalue weighted by molar-refractivity contribution is 5.79. The first-order chi connectivity index (χ1) is 6.63. The van der Waals surface area contributed by atoms with E-state index in [1.807, 2.05) is 0 Å². The van der Waals surface area contributed by atoms with Crippen molar-refractivity contribution in [3.05, 3.63) is 23.8 Å². The van der Waals surface area contributed by atoms with Crippen molar-refractivity contribution in [1.29, 1.82) is 0 Å². The smallest absolute Gasteiger partial charge is 0.341 e. The quantitative estimate of drug-likeness (QED) is 0.691. The molecule has 0 radical (unpaired) electrons. The first kappa shape index (κ1) is 10.0. The fourth-order valence-electron chi connectivity index (χ4n) is 0.858. The van der Waals surface area contributed by atoms with Crippen LogP contribution in [0.1, 0.15) is 10.4 Å². The molecule has 0 saturated heterocycles. The molecule has 1 aromatic carbocycles. The minimum atomic E-state index is -1.11. The highest BCUT2D eigenvalue weighted by Crippen LogP contribution is 2.21. The highest BCUT2D eigenvalue weighted by Gasteiger charge is 2.03. The van der Waals surface area contributed by atoms with E-state index in [0.29, 0.717) is 6.29 Å². The van der Waals surface area contributed by atoms with Gasteiger partial charge in [0.2, 0.25) is 0 Å². The van der Waals surface area contributed by atoms with Crippen LogP contribution in [0.5, 0.6) is 11.5 Å². The maximum Gasteiger partial charge on any atom is 0.341 e. The number of benzene rings is 1. The number of phenols is 1. The van der Waals surface area contributed by atoms with Gasteiger partial charge in [-0.3, -0.25) is 4.79 Å². The van der Waals surface area contributed by atoms with Crippen molar-refractivity contribution < 1.29 is 24.5 Å². The third-order valence-electron chi connectivity index (χ3n) is 1.49. The van der Waals surface area contributed by atoms with Crippen LogP contribution in [0.2, 0.25) is 0 Å². The lowest BCUT2D eigenvalue weighted by Gasteiger charge is -2.04. The van der Waals surface area contributed by atoms with E-state index in [9.17, 15) is 14.7 Å². The van der Waals surface area contributed by atoms with E-state index in [2.05, 4.69) is 0 Å². The van der Waals surface area contributed by atoms with Gasteiger partial charge in [-0.05, 0) is 12.1 Å². The molecule has 74 valence electrons. The van der Waals surface area contributed by atoms with Gasteiger partial charge in [0, 0.05) is 6.07 Å². The molecule has 1 aromatic rings. The Bertz CT molecular complexity index is 358. The standard InChI is InChI=1S/C9H8O5/c10-4-6-1-2-7(3-8(6)11)14-5-9(12)13/h1-4,11H,5H2,(H,12,13). The molecule has 0 aliphatic rings. The molecule has 14 heavy (non-hydrogen) atoms. The Labute approximate surface area is 79.6 Å². The van der Waals surface area contributed by atoms with Crippen LogP contribution in [0.15, 0.2) is 18.2 Å². The van der Waals surface area contributed by atoms with Crippen molar-refractivity contribution in [1.82, 2.24) is 0 Å². The molecular weight excluding hydrogens is 188 g/mol. The number of carboxylic acid groups (broad SMARTS) is 1. The molecule has 0 fully saturated rings. The molecule has 0 atom stereocenters. The summed E-state index contributed by atoms with van der Waals surface area (Å²) < 4.78 is 4.77. The van der Waals surface area contributed by atoms with Gasteiger partial charge < -0.3 is 14.9 Å². The molecule has 2 N–H and O–H groups in total. The molecular formula is C9H8O5. The summed E-state index contributed by atoms with van der Waals surface area (Å²) in [5.41, 5.74) is 0.132. The molecule has 0 unspecified atom stereocenters. The van der Waals surface area contributed by atoms with E-state index in [1.165, 1.54) is 18.2 Å². The molecule has 0 saturated carbocycles. The van der Waals surface area contributed by atoms with E-state index >= 15 is 0 Å². The van der Waals surface area contributed by atoms with Gasteiger partial charge in [0.25, 0.3) is 0 Å². The fraction of sp³-hybridized carbons (Fsp3) is 0.111. The van der Waals surface area contributed by atoms with Crippen molar-refractivity contribution in [3.8, 4) is 11.5 Å². The van der Waals surface area contributed by atoms with E-state index < -0.39 is 12.6 Å². The zero-order chi connectivity index (χ0) is 10.6. The number of carbonyl (C=O) groups is 2. The fourth-order valence-corrected chi connectivity index (χ4v) is 0.858. The number of aliphatic carboxylic acids is 1. The summed E-state index contributed by atoms with van der Waals surface area (Å²) in [6.07, 6.45) is 0.496. The van der Waals surface area contributed by atoms with Crippen LogP contribution >= 0.6 is 0 Å². The van der Waals surface area contributed by atoms with Gasteiger partial charge in [-0.2, -0.15) is 0 Å². The van der Waals surface area contributed by atoms with Crippen molar-refractivity contribution in [2.24, 2.45) is 0 Å². The first-order valence-corrected chi connectivity index (χ1v) is 3.76. The lowest BCUT2D eigenvalue weighted by Crippen LogP contribution is -2.09. The number of carboxylic acids is 1. The summed E-state index contributed by atoms with van der Waals surface area (Å²) in [7, 11) is 0. The Morgan fingerprint density at radius 3 is 2.71 bits per heavy atom. The van der Waals surface area contributed by atoms with Gasteiger partial charge >= 0.3 is 5.97 Å². The average molecular weight is 196 g/mol. The second-order valence-electron chi connectivity index (χ2n) is 2.52. The number of rotatable bonds is 4. The van der Waals surface area contributed by atoms with E-state index in [4.69, 9.17) is 9.84 Å². The van der Waals surface area contributed by atoms with Crippen LogP contribution in [0, 0.1) is 0 Å². The molecule has 5 heteroatoms. The molecule has 0 amide bonds. The van der Waals surface area contributed by atoms with Gasteiger partial charge in [0.05, 0.1) is 5.56 Å². The van der Waals surface area contributed by atoms with Gasteiger partial charge in [-0.15, -0.1) is 0 Å². The maximum absolute atomic E-state index is 10.3. The highest BCUT2D eigenvalue weighted by atomic mass is 16.5. The molecule has 0 aliphatic carbocycles. The van der Waals surface area contributed by atoms with Crippen LogP contribution in [0.3, 0.4) is 0 Å². The van der Waals surface area contributed by atoms with Crippen molar-refractivity contribution in [2.75, 3.05) is 6.61 Å². The molecule has 0 aromatic heterocycles. The van der Waals surface area contributed by atoms with Crippen molar-refractivity contribution in [2.45, 2.75) is 0 Å². The van der Waals surface area contributed by atoms with Gasteiger partial charge in [0.15, 0.2) is 12.9 Å². The zero-order valence-electron chi connectivity index (χ0n) is 7.14. The molecule has 1 rings (SSSR count). The molecule has 0 spiro atoms. The van der Waals surface area contributed by atoms with Gasteiger partial charge in [-0.1, -0.05) is 0 Å². The summed E-state index contributed by atoms with van der Waals surface area (Å²) in [6.45, 7) is -0.486. The number of ether oxygens (including phenoxy) is 1. The Hall–Kier alpha value is -2.04. The van der Waals surface area contributed by atoms with Gasteiger partial charge in [-0.25, -0.2) is 4.79 Å². The monoisotopic (exact) mass is 196 g/mol. The summed E-state index contributed by atoms with van der Waals surface area (Å²) in [4.78, 5) is 20.4. The van der Waals surface area contributed by atoms with Crippen molar-refractivity contribution in [3.63, 3.8) is 0 Å². The number of aldehydes is 1. The number of aromatic hydroxyl groups is 1. The predicted octanol–water partition coefficient (Wildman–Crippen LogP) is 0.668. The van der Waals surface area contributed by atoms with Crippen LogP contribution < -0.4 is 4.74 Å². The van der Waals surface area contributed by atoms with E-state index in [0.717, 1.165) is 0 Å². The number of carbonyl (C=O) groups excluding carboxylic acids is 1. The molecule has 5 nitrogen and oxygen atoms in total. The third kappa shape index (κ3) is 2.48. The number of hydrogen-bond donors (Lipinski definition) is 2. The second kappa shape index (κ2) is 4.27. The first-order valence-electron chi connectivity index (χ1n) is 3.76. The van der Waals surface area contributed by atoms with E-state index in [1.54, 1.807) is 0 Å². The Morgan fingerprint density at radius 1 is 1.50 bits per heavy atom. The lowest BCUT2D eigenvalue weighted by atomic mass is 10.2. The molecule has 0 heterocycles. The maximum atomic E-state index is 10.3. The average Bonchev–Trinajstić information content (AvgIpc) is 2.15. The lowest BCUT2D eigenvalue weighted by molar-refractivity contribution is -0.139. The van der Waals surface area contributed by atoms with E-state index in [-0.39, 0.29) is 17.1 Å². The molecule has 0 aliphatic heterocycles. The Morgan fingerprint density at radius 2 is 2.21 bits per heavy atom. The summed E-state index contributed by atoms with van der Waals surface area (Å²) >= 11 is 0. The van der Waals surface area contributed by atoms with Crippen molar-refractivity contribution >= 4 is 12.3 Å². The Kier molecular flexibility index (Phi) is 3.06. The molecule has 0 bridgehead atoms. The summed E-state index contributed by atoms with van der Waals surface area (Å²) in [5.74, 6) is -1.14. The zero-order valence-corrected chi connectivity index (χ0v) is 7.14. The third-order valence-corrected chi connectivity index (χ3v) is 1.49. The van der Waals surface area contributed by atoms with Crippen LogP contribution in [-0.2, 0) is 4.79 Å². The van der Waals surface area contributed by atoms with Crippen LogP contribution in [-0.4, -0.2) is 29.1 Å².